The summed E-state index contributed by atoms with van der Waals surface area (Å²) in [6, 6.07) is 1.70. The van der Waals surface area contributed by atoms with Crippen molar-refractivity contribution in [3.8, 4) is 0 Å². The van der Waals surface area contributed by atoms with E-state index in [0.717, 1.165) is 26.2 Å². The summed E-state index contributed by atoms with van der Waals surface area (Å²) in [5.74, 6) is 0.572. The summed E-state index contributed by atoms with van der Waals surface area (Å²) in [7, 11) is 2.08. The molecule has 0 aromatic carbocycles. The fourth-order valence-corrected chi connectivity index (χ4v) is 1.74. The van der Waals surface area contributed by atoms with Gasteiger partial charge in [0.2, 0.25) is 0 Å². The van der Waals surface area contributed by atoms with Crippen LogP contribution in [-0.4, -0.2) is 49.0 Å². The summed E-state index contributed by atoms with van der Waals surface area (Å²) >= 11 is 0. The number of furan rings is 1. The van der Waals surface area contributed by atoms with Crippen molar-refractivity contribution in [1.29, 1.82) is 0 Å². The van der Waals surface area contributed by atoms with Gasteiger partial charge in [-0.15, -0.1) is 0 Å². The minimum Gasteiger partial charge on any atom is -0.469 e. The predicted octanol–water partition coefficient (Wildman–Crippen LogP) is 0.480. The maximum atomic E-state index is 11.8. The van der Waals surface area contributed by atoms with Crippen molar-refractivity contribution in [1.82, 2.24) is 15.3 Å². The molecule has 1 aliphatic heterocycles. The van der Waals surface area contributed by atoms with Crippen molar-refractivity contribution < 1.29 is 9.21 Å². The number of carbonyl (C=O) groups excluding carboxylic acids is 1. The Hall–Kier alpha value is -1.33. The van der Waals surface area contributed by atoms with Crippen LogP contribution in [0.2, 0.25) is 0 Å². The van der Waals surface area contributed by atoms with Crippen molar-refractivity contribution >= 4 is 5.91 Å². The van der Waals surface area contributed by atoms with Crippen molar-refractivity contribution in [2.75, 3.05) is 33.2 Å². The number of hydrazine groups is 1. The van der Waals surface area contributed by atoms with Crippen LogP contribution in [0, 0.1) is 6.92 Å². The molecular weight excluding hydrogens is 206 g/mol. The predicted molar refractivity (Wildman–Crippen MR) is 60.0 cm³/mol. The van der Waals surface area contributed by atoms with Gasteiger partial charge in [-0.05, 0) is 20.0 Å². The Morgan fingerprint density at radius 2 is 2.06 bits per heavy atom. The average Bonchev–Trinajstić information content (AvgIpc) is 2.68. The van der Waals surface area contributed by atoms with Crippen LogP contribution < -0.4 is 5.43 Å². The number of aryl methyl sites for hydroxylation is 1. The molecule has 1 amide bonds. The van der Waals surface area contributed by atoms with Crippen LogP contribution in [0.3, 0.4) is 0 Å². The number of piperazine rings is 1. The number of hydrogen-bond acceptors (Lipinski definition) is 4. The van der Waals surface area contributed by atoms with Crippen LogP contribution in [0.4, 0.5) is 0 Å². The molecule has 5 heteroatoms. The fourth-order valence-electron chi connectivity index (χ4n) is 1.74. The number of hydrogen-bond donors (Lipinski definition) is 1. The molecule has 0 unspecified atom stereocenters. The third kappa shape index (κ3) is 2.43. The molecule has 0 radical (unpaired) electrons. The summed E-state index contributed by atoms with van der Waals surface area (Å²) in [5, 5.41) is 1.95. The van der Waals surface area contributed by atoms with Crippen molar-refractivity contribution in [3.63, 3.8) is 0 Å². The van der Waals surface area contributed by atoms with E-state index in [1.807, 2.05) is 5.01 Å². The topological polar surface area (TPSA) is 48.7 Å². The summed E-state index contributed by atoms with van der Waals surface area (Å²) in [6.07, 6.45) is 1.54. The lowest BCUT2D eigenvalue weighted by molar-refractivity contribution is 0.0661. The summed E-state index contributed by atoms with van der Waals surface area (Å²) in [5.41, 5.74) is 3.50. The van der Waals surface area contributed by atoms with Gasteiger partial charge in [-0.3, -0.25) is 10.2 Å². The van der Waals surface area contributed by atoms with Crippen LogP contribution in [0.1, 0.15) is 16.1 Å². The Bertz CT molecular complexity index is 367. The van der Waals surface area contributed by atoms with Gasteiger partial charge < -0.3 is 9.32 Å². The molecule has 0 aliphatic carbocycles. The Kier molecular flexibility index (Phi) is 3.26. The molecule has 0 spiro atoms. The number of nitrogens with one attached hydrogen (secondary N) is 1. The average molecular weight is 223 g/mol. The van der Waals surface area contributed by atoms with Gasteiger partial charge in [0.15, 0.2) is 0 Å². The Morgan fingerprint density at radius 1 is 1.38 bits per heavy atom. The van der Waals surface area contributed by atoms with E-state index < -0.39 is 0 Å². The first kappa shape index (κ1) is 11.2. The maximum Gasteiger partial charge on any atom is 0.269 e. The lowest BCUT2D eigenvalue weighted by Gasteiger charge is -2.32. The van der Waals surface area contributed by atoms with Crippen molar-refractivity contribution in [3.05, 3.63) is 23.7 Å². The molecule has 2 heterocycles. The molecular formula is C11H17N3O2. The lowest BCUT2D eigenvalue weighted by atomic mass is 10.2. The van der Waals surface area contributed by atoms with E-state index in [-0.39, 0.29) is 5.91 Å². The summed E-state index contributed by atoms with van der Waals surface area (Å²) in [4.78, 5) is 14.1. The highest BCUT2D eigenvalue weighted by Gasteiger charge is 2.18. The Labute approximate surface area is 95.0 Å². The monoisotopic (exact) mass is 223 g/mol. The van der Waals surface area contributed by atoms with E-state index in [1.165, 1.54) is 6.26 Å². The third-order valence-corrected chi connectivity index (χ3v) is 2.87. The standard InChI is InChI=1S/C11H17N3O2/c1-9-10(3-8-16-9)11(15)12-14-6-4-13(2)5-7-14/h3,8H,4-7H2,1-2H3,(H,12,15). The van der Waals surface area contributed by atoms with Gasteiger partial charge >= 0.3 is 0 Å². The minimum absolute atomic E-state index is 0.0872. The highest BCUT2D eigenvalue weighted by atomic mass is 16.3. The number of nitrogens with zero attached hydrogens (tertiary/aromatic N) is 2. The maximum absolute atomic E-state index is 11.8. The number of carbonyl (C=O) groups is 1. The lowest BCUT2D eigenvalue weighted by Crippen LogP contribution is -2.52. The molecule has 0 bridgehead atoms. The quantitative estimate of drug-likeness (QED) is 0.792. The second kappa shape index (κ2) is 4.67. The van der Waals surface area contributed by atoms with Gasteiger partial charge in [-0.25, -0.2) is 5.01 Å². The second-order valence-corrected chi connectivity index (χ2v) is 4.12. The van der Waals surface area contributed by atoms with Gasteiger partial charge in [0.25, 0.3) is 5.91 Å². The smallest absolute Gasteiger partial charge is 0.269 e. The SMILES string of the molecule is Cc1occc1C(=O)NN1CCN(C)CC1. The van der Waals surface area contributed by atoms with Crippen molar-refractivity contribution in [2.45, 2.75) is 6.92 Å². The molecule has 2 rings (SSSR count). The van der Waals surface area contributed by atoms with Gasteiger partial charge in [-0.2, -0.15) is 0 Å². The van der Waals surface area contributed by atoms with Gasteiger partial charge in [0.05, 0.1) is 11.8 Å². The normalized spacial score (nSPS) is 18.6. The van der Waals surface area contributed by atoms with Crippen LogP contribution in [-0.2, 0) is 0 Å². The number of amides is 1. The van der Waals surface area contributed by atoms with Crippen molar-refractivity contribution in [2.24, 2.45) is 0 Å². The van der Waals surface area contributed by atoms with Crippen LogP contribution in [0.15, 0.2) is 16.7 Å². The molecule has 1 N–H and O–H groups in total. The molecule has 0 saturated carbocycles. The van der Waals surface area contributed by atoms with E-state index in [0.29, 0.717) is 11.3 Å². The fraction of sp³-hybridized carbons (Fsp3) is 0.545. The summed E-state index contributed by atoms with van der Waals surface area (Å²) < 4.78 is 5.10. The highest BCUT2D eigenvalue weighted by molar-refractivity contribution is 5.94. The molecule has 1 fully saturated rings. The molecule has 0 atom stereocenters. The zero-order chi connectivity index (χ0) is 11.5. The Morgan fingerprint density at radius 3 is 2.62 bits per heavy atom. The minimum atomic E-state index is -0.0872. The molecule has 1 aliphatic rings. The molecule has 88 valence electrons. The number of likely N-dealkylation sites (N-methyl/N-ethyl adjacent to an activating group) is 1. The van der Waals surface area contributed by atoms with E-state index in [9.17, 15) is 4.79 Å². The van der Waals surface area contributed by atoms with E-state index in [4.69, 9.17) is 4.42 Å². The molecule has 5 nitrogen and oxygen atoms in total. The third-order valence-electron chi connectivity index (χ3n) is 2.87. The number of rotatable bonds is 2. The largest absolute Gasteiger partial charge is 0.469 e. The zero-order valence-corrected chi connectivity index (χ0v) is 9.69. The van der Waals surface area contributed by atoms with Crippen LogP contribution in [0.25, 0.3) is 0 Å². The Balaban J connectivity index is 1.91. The summed E-state index contributed by atoms with van der Waals surface area (Å²) in [6.45, 7) is 5.46. The van der Waals surface area contributed by atoms with Gasteiger partial charge in [0.1, 0.15) is 5.76 Å². The highest BCUT2D eigenvalue weighted by Crippen LogP contribution is 2.08. The van der Waals surface area contributed by atoms with Crippen LogP contribution in [0.5, 0.6) is 0 Å². The first-order chi connectivity index (χ1) is 7.66. The molecule has 1 saturated heterocycles. The van der Waals surface area contributed by atoms with Crippen LogP contribution >= 0.6 is 0 Å². The van der Waals surface area contributed by atoms with Gasteiger partial charge in [0, 0.05) is 26.2 Å². The zero-order valence-electron chi connectivity index (χ0n) is 9.69. The van der Waals surface area contributed by atoms with E-state index in [2.05, 4.69) is 17.4 Å². The molecule has 16 heavy (non-hydrogen) atoms. The van der Waals surface area contributed by atoms with Gasteiger partial charge in [-0.1, -0.05) is 0 Å². The molecule has 1 aromatic rings. The second-order valence-electron chi connectivity index (χ2n) is 4.12. The first-order valence-corrected chi connectivity index (χ1v) is 5.45. The van der Waals surface area contributed by atoms with E-state index >= 15 is 0 Å². The first-order valence-electron chi connectivity index (χ1n) is 5.45. The molecule has 1 aromatic heterocycles. The van der Waals surface area contributed by atoms with E-state index in [1.54, 1.807) is 13.0 Å².